The molecule has 0 amide bonds. The van der Waals surface area contributed by atoms with Gasteiger partial charge in [-0.25, -0.2) is 4.39 Å². The van der Waals surface area contributed by atoms with Crippen LogP contribution in [-0.4, -0.2) is 20.1 Å². The van der Waals surface area contributed by atoms with Gasteiger partial charge in [0.05, 0.1) is 5.69 Å². The second kappa shape index (κ2) is 4.45. The zero-order valence-corrected chi connectivity index (χ0v) is 8.81. The standard InChI is InChI=1S/C8H11FN2O3S/c1-2-10-15(13,14)11-7-5-6(9)3-4-8(7)12/h3-5,10-12H,2H2,1H3. The monoisotopic (exact) mass is 234 g/mol. The van der Waals surface area contributed by atoms with Gasteiger partial charge in [-0.3, -0.25) is 4.72 Å². The highest BCUT2D eigenvalue weighted by molar-refractivity contribution is 7.90. The molecule has 0 fully saturated rings. The molecule has 0 unspecified atom stereocenters. The Morgan fingerprint density at radius 3 is 2.73 bits per heavy atom. The highest BCUT2D eigenvalue weighted by Gasteiger charge is 2.11. The summed E-state index contributed by atoms with van der Waals surface area (Å²) < 4.78 is 39.3. The Bertz CT molecular complexity index is 447. The van der Waals surface area contributed by atoms with Gasteiger partial charge in [-0.2, -0.15) is 13.1 Å². The number of nitrogens with one attached hydrogen (secondary N) is 2. The second-order valence-electron chi connectivity index (χ2n) is 2.76. The zero-order chi connectivity index (χ0) is 11.5. The minimum Gasteiger partial charge on any atom is -0.506 e. The van der Waals surface area contributed by atoms with Crippen molar-refractivity contribution < 1.29 is 17.9 Å². The molecule has 3 N–H and O–H groups in total. The lowest BCUT2D eigenvalue weighted by molar-refractivity contribution is 0.475. The molecular weight excluding hydrogens is 223 g/mol. The Balaban J connectivity index is 2.94. The largest absolute Gasteiger partial charge is 0.506 e. The highest BCUT2D eigenvalue weighted by Crippen LogP contribution is 2.24. The fourth-order valence-electron chi connectivity index (χ4n) is 0.961. The molecule has 0 aliphatic heterocycles. The van der Waals surface area contributed by atoms with Crippen LogP contribution in [0.5, 0.6) is 5.75 Å². The van der Waals surface area contributed by atoms with E-state index in [0.29, 0.717) is 0 Å². The lowest BCUT2D eigenvalue weighted by atomic mass is 10.3. The molecule has 0 atom stereocenters. The number of benzene rings is 1. The van der Waals surface area contributed by atoms with Crippen LogP contribution in [-0.2, 0) is 10.2 Å². The van der Waals surface area contributed by atoms with Crippen LogP contribution in [0.15, 0.2) is 18.2 Å². The van der Waals surface area contributed by atoms with E-state index in [-0.39, 0.29) is 18.0 Å². The molecule has 1 rings (SSSR count). The molecule has 0 aliphatic carbocycles. The molecule has 0 radical (unpaired) electrons. The van der Waals surface area contributed by atoms with Crippen LogP contribution >= 0.6 is 0 Å². The van der Waals surface area contributed by atoms with Crippen molar-refractivity contribution in [2.24, 2.45) is 0 Å². The molecule has 15 heavy (non-hydrogen) atoms. The fraction of sp³-hybridized carbons (Fsp3) is 0.250. The van der Waals surface area contributed by atoms with Gasteiger partial charge < -0.3 is 5.11 Å². The SMILES string of the molecule is CCNS(=O)(=O)Nc1cc(F)ccc1O. The molecule has 0 aliphatic rings. The van der Waals surface area contributed by atoms with E-state index in [9.17, 15) is 17.9 Å². The van der Waals surface area contributed by atoms with Gasteiger partial charge in [-0.15, -0.1) is 0 Å². The van der Waals surface area contributed by atoms with Crippen molar-refractivity contribution in [2.45, 2.75) is 6.92 Å². The Labute approximate surface area is 87.1 Å². The maximum Gasteiger partial charge on any atom is 0.299 e. The van der Waals surface area contributed by atoms with E-state index in [0.717, 1.165) is 18.2 Å². The fourth-order valence-corrected chi connectivity index (χ4v) is 1.87. The van der Waals surface area contributed by atoms with Crippen molar-refractivity contribution in [3.8, 4) is 5.75 Å². The van der Waals surface area contributed by atoms with Crippen molar-refractivity contribution in [1.82, 2.24) is 4.72 Å². The van der Waals surface area contributed by atoms with Gasteiger partial charge in [-0.05, 0) is 12.1 Å². The van der Waals surface area contributed by atoms with E-state index in [1.54, 1.807) is 6.92 Å². The molecule has 1 aromatic carbocycles. The minimum absolute atomic E-state index is 0.198. The summed E-state index contributed by atoms with van der Waals surface area (Å²) in [7, 11) is -3.75. The summed E-state index contributed by atoms with van der Waals surface area (Å²) in [5, 5.41) is 9.25. The van der Waals surface area contributed by atoms with E-state index in [1.807, 2.05) is 4.72 Å². The van der Waals surface area contributed by atoms with Gasteiger partial charge in [0.25, 0.3) is 10.2 Å². The molecule has 0 saturated heterocycles. The first-order valence-electron chi connectivity index (χ1n) is 4.20. The predicted molar refractivity (Wildman–Crippen MR) is 54.3 cm³/mol. The Morgan fingerprint density at radius 2 is 2.13 bits per heavy atom. The normalized spacial score (nSPS) is 11.3. The van der Waals surface area contributed by atoms with Crippen LogP contribution in [0.4, 0.5) is 10.1 Å². The quantitative estimate of drug-likeness (QED) is 0.674. The van der Waals surface area contributed by atoms with Crippen molar-refractivity contribution in [2.75, 3.05) is 11.3 Å². The minimum atomic E-state index is -3.75. The third-order valence-corrected chi connectivity index (χ3v) is 2.69. The van der Waals surface area contributed by atoms with E-state index >= 15 is 0 Å². The Hall–Kier alpha value is -1.34. The van der Waals surface area contributed by atoms with Crippen molar-refractivity contribution >= 4 is 15.9 Å². The van der Waals surface area contributed by atoms with Gasteiger partial charge in [0.15, 0.2) is 0 Å². The third kappa shape index (κ3) is 3.37. The van der Waals surface area contributed by atoms with Crippen LogP contribution in [0, 0.1) is 5.82 Å². The first kappa shape index (κ1) is 11.7. The summed E-state index contributed by atoms with van der Waals surface area (Å²) in [5.74, 6) is -0.972. The summed E-state index contributed by atoms with van der Waals surface area (Å²) in [4.78, 5) is 0. The number of aromatic hydroxyl groups is 1. The number of hydrogen-bond donors (Lipinski definition) is 3. The molecule has 5 nitrogen and oxygen atoms in total. The lowest BCUT2D eigenvalue weighted by Crippen LogP contribution is -2.29. The molecular formula is C8H11FN2O3S. The van der Waals surface area contributed by atoms with E-state index in [1.165, 1.54) is 0 Å². The first-order valence-corrected chi connectivity index (χ1v) is 5.69. The number of halogens is 1. The van der Waals surface area contributed by atoms with Crippen molar-refractivity contribution in [1.29, 1.82) is 0 Å². The number of rotatable bonds is 4. The van der Waals surface area contributed by atoms with Gasteiger partial charge in [0.2, 0.25) is 0 Å². The molecule has 0 saturated carbocycles. The van der Waals surface area contributed by atoms with E-state index in [2.05, 4.69) is 4.72 Å². The number of anilines is 1. The van der Waals surface area contributed by atoms with Crippen LogP contribution in [0.25, 0.3) is 0 Å². The Morgan fingerprint density at radius 1 is 1.47 bits per heavy atom. The van der Waals surface area contributed by atoms with Crippen LogP contribution in [0.1, 0.15) is 6.92 Å². The van der Waals surface area contributed by atoms with E-state index < -0.39 is 16.0 Å². The predicted octanol–water partition coefficient (Wildman–Crippen LogP) is 0.797. The molecule has 7 heteroatoms. The second-order valence-corrected chi connectivity index (χ2v) is 4.26. The highest BCUT2D eigenvalue weighted by atomic mass is 32.2. The molecule has 84 valence electrons. The van der Waals surface area contributed by atoms with Gasteiger partial charge >= 0.3 is 0 Å². The summed E-state index contributed by atoms with van der Waals surface area (Å²) in [5.41, 5.74) is -0.198. The molecule has 1 aromatic rings. The third-order valence-electron chi connectivity index (χ3n) is 1.54. The van der Waals surface area contributed by atoms with Crippen LogP contribution in [0.2, 0.25) is 0 Å². The van der Waals surface area contributed by atoms with Crippen LogP contribution < -0.4 is 9.44 Å². The van der Waals surface area contributed by atoms with Gasteiger partial charge in [0.1, 0.15) is 11.6 Å². The molecule has 0 bridgehead atoms. The lowest BCUT2D eigenvalue weighted by Gasteiger charge is -2.09. The summed E-state index contributed by atoms with van der Waals surface area (Å²) in [6.07, 6.45) is 0. The smallest absolute Gasteiger partial charge is 0.299 e. The number of phenols is 1. The number of phenolic OH excluding ortho intramolecular Hbond substituents is 1. The van der Waals surface area contributed by atoms with E-state index in [4.69, 9.17) is 0 Å². The first-order chi connectivity index (χ1) is 6.94. The molecule has 0 heterocycles. The number of hydrogen-bond acceptors (Lipinski definition) is 3. The average molecular weight is 234 g/mol. The molecule has 0 aromatic heterocycles. The van der Waals surface area contributed by atoms with Gasteiger partial charge in [-0.1, -0.05) is 6.92 Å². The maximum atomic E-state index is 12.7. The molecule has 0 spiro atoms. The topological polar surface area (TPSA) is 78.4 Å². The average Bonchev–Trinajstić information content (AvgIpc) is 2.10. The van der Waals surface area contributed by atoms with Crippen molar-refractivity contribution in [3.05, 3.63) is 24.0 Å². The van der Waals surface area contributed by atoms with Gasteiger partial charge in [0, 0.05) is 12.6 Å². The summed E-state index contributed by atoms with van der Waals surface area (Å²) in [6.45, 7) is 1.80. The van der Waals surface area contributed by atoms with Crippen molar-refractivity contribution in [3.63, 3.8) is 0 Å². The summed E-state index contributed by atoms with van der Waals surface area (Å²) in [6, 6.07) is 2.99. The Kier molecular flexibility index (Phi) is 3.48. The van der Waals surface area contributed by atoms with Crippen LogP contribution in [0.3, 0.4) is 0 Å². The zero-order valence-electron chi connectivity index (χ0n) is 7.99. The summed E-state index contributed by atoms with van der Waals surface area (Å²) >= 11 is 0. The maximum absolute atomic E-state index is 12.7.